The molecule has 4 aromatic heterocycles. The summed E-state index contributed by atoms with van der Waals surface area (Å²) < 4.78 is 27.0. The Balaban J connectivity index is 0.000000200. The van der Waals surface area contributed by atoms with Gasteiger partial charge in [-0.3, -0.25) is 4.39 Å². The van der Waals surface area contributed by atoms with Crippen LogP contribution in [0.5, 0.6) is 0 Å². The maximum absolute atomic E-state index is 12.8. The molecule has 4 heterocycles. The van der Waals surface area contributed by atoms with Crippen LogP contribution in [0, 0.1) is 24.9 Å². The van der Waals surface area contributed by atoms with E-state index >= 15 is 0 Å². The third kappa shape index (κ3) is 6.87. The van der Waals surface area contributed by atoms with Gasteiger partial charge in [0.05, 0.1) is 13.7 Å². The van der Waals surface area contributed by atoms with Crippen molar-refractivity contribution in [2.75, 3.05) is 0 Å². The van der Waals surface area contributed by atoms with Gasteiger partial charge in [-0.2, -0.15) is 0 Å². The summed E-state index contributed by atoms with van der Waals surface area (Å²) in [5.74, 6) is -0.953. The molecule has 1 radical (unpaired) electrons. The van der Waals surface area contributed by atoms with Crippen LogP contribution in [0.1, 0.15) is 32.4 Å². The molecular formula is C34H32FIrN3OSi-2. The molecule has 6 aromatic rings. The molecule has 0 aliphatic heterocycles. The Bertz CT molecular complexity index is 1830. The van der Waals surface area contributed by atoms with E-state index in [1.165, 1.54) is 17.3 Å². The first-order valence-electron chi connectivity index (χ1n) is 13.7. The van der Waals surface area contributed by atoms with Crippen molar-refractivity contribution in [3.63, 3.8) is 0 Å². The number of benzene rings is 2. The molecule has 7 heteroatoms. The second-order valence-electron chi connectivity index (χ2n) is 11.0. The Morgan fingerprint density at radius 3 is 2.39 bits per heavy atom. The standard InChI is InChI=1S/C20H17N2O.C14H15FNSi.Ir/c1-12(2)14-9-10-21-18(11-14)17-6-4-5-15-16-8-7-13(3)22-20(16)23-19(15)17;1-17(2,3)13-8-9-14(16-10-13)11-4-6-12(15)7-5-11;/h4-5,7-12H,1-3H3;4,6-10H,1-3H3;/q2*-1;/i12D;;. The molecule has 0 fully saturated rings. The van der Waals surface area contributed by atoms with Crippen molar-refractivity contribution >= 4 is 35.3 Å². The smallest absolute Gasteiger partial charge is 0.216 e. The number of furan rings is 1. The van der Waals surface area contributed by atoms with Crippen LogP contribution in [-0.4, -0.2) is 23.0 Å². The van der Waals surface area contributed by atoms with Gasteiger partial charge >= 0.3 is 0 Å². The maximum atomic E-state index is 12.8. The van der Waals surface area contributed by atoms with Crippen LogP contribution in [0.25, 0.3) is 44.6 Å². The van der Waals surface area contributed by atoms with E-state index in [0.29, 0.717) is 5.71 Å². The van der Waals surface area contributed by atoms with E-state index in [1.54, 1.807) is 12.3 Å². The number of hydrogen-bond acceptors (Lipinski definition) is 4. The average molecular weight is 739 g/mol. The van der Waals surface area contributed by atoms with Gasteiger partial charge < -0.3 is 14.4 Å². The Morgan fingerprint density at radius 1 is 0.927 bits per heavy atom. The molecular weight excluding hydrogens is 706 g/mol. The third-order valence-corrected chi connectivity index (χ3v) is 8.74. The summed E-state index contributed by atoms with van der Waals surface area (Å²) in [6.45, 7) is 12.5. The van der Waals surface area contributed by atoms with Crippen LogP contribution in [-0.2, 0) is 20.1 Å². The van der Waals surface area contributed by atoms with Gasteiger partial charge in [0.25, 0.3) is 0 Å². The van der Waals surface area contributed by atoms with Crippen LogP contribution in [0.15, 0.2) is 83.5 Å². The van der Waals surface area contributed by atoms with Crippen molar-refractivity contribution in [2.24, 2.45) is 0 Å². The van der Waals surface area contributed by atoms with Crippen molar-refractivity contribution in [1.29, 1.82) is 0 Å². The topological polar surface area (TPSA) is 51.8 Å². The van der Waals surface area contributed by atoms with Crippen molar-refractivity contribution < 1.29 is 30.3 Å². The van der Waals surface area contributed by atoms with E-state index in [0.717, 1.165) is 50.1 Å². The van der Waals surface area contributed by atoms with Crippen LogP contribution in [0.4, 0.5) is 4.39 Å². The Kier molecular flexibility index (Phi) is 8.88. The minimum Gasteiger partial charge on any atom is -0.486 e. The van der Waals surface area contributed by atoms with Gasteiger partial charge in [0.2, 0.25) is 5.71 Å². The predicted molar refractivity (Wildman–Crippen MR) is 164 cm³/mol. The van der Waals surface area contributed by atoms with Crippen LogP contribution in [0.3, 0.4) is 0 Å². The van der Waals surface area contributed by atoms with E-state index in [4.69, 9.17) is 5.79 Å². The van der Waals surface area contributed by atoms with Gasteiger partial charge in [-0.15, -0.1) is 48.0 Å². The SMILES string of the molecule is C[Si](C)(C)c1ccc(-c2[c-]cc(F)cc2)nc1.[2H]C(C)(C)c1ccnc(-c2[c-]ccc3c2oc2nc(C)ccc23)c1.[Ir]. The quantitative estimate of drug-likeness (QED) is 0.135. The number of aromatic nitrogens is 3. The number of aryl methyl sites for hydroxylation is 1. The molecule has 4 nitrogen and oxygen atoms in total. The second kappa shape index (κ2) is 12.6. The molecule has 0 unspecified atom stereocenters. The molecule has 0 atom stereocenters. The number of fused-ring (bicyclic) bond motifs is 3. The van der Waals surface area contributed by atoms with E-state index in [-0.39, 0.29) is 25.9 Å². The molecule has 0 saturated carbocycles. The molecule has 211 valence electrons. The molecule has 0 bridgehead atoms. The van der Waals surface area contributed by atoms with Gasteiger partial charge in [-0.25, -0.2) is 4.98 Å². The normalized spacial score (nSPS) is 11.9. The number of halogens is 1. The first kappa shape index (κ1) is 29.0. The summed E-state index contributed by atoms with van der Waals surface area (Å²) >= 11 is 0. The first-order valence-corrected chi connectivity index (χ1v) is 16.7. The van der Waals surface area contributed by atoms with Gasteiger partial charge in [0, 0.05) is 50.8 Å². The maximum Gasteiger partial charge on any atom is 0.216 e. The Morgan fingerprint density at radius 2 is 1.73 bits per heavy atom. The minimum absolute atomic E-state index is 0. The molecule has 0 saturated heterocycles. The molecule has 0 amide bonds. The van der Waals surface area contributed by atoms with Crippen molar-refractivity contribution in [3.8, 4) is 22.5 Å². The van der Waals surface area contributed by atoms with Crippen molar-refractivity contribution in [2.45, 2.75) is 46.3 Å². The number of rotatable bonds is 4. The van der Waals surface area contributed by atoms with Crippen LogP contribution in [0.2, 0.25) is 19.6 Å². The molecule has 0 aliphatic rings. The zero-order valence-corrected chi connectivity index (χ0v) is 27.4. The molecule has 41 heavy (non-hydrogen) atoms. The van der Waals surface area contributed by atoms with Gasteiger partial charge in [-0.05, 0) is 47.6 Å². The summed E-state index contributed by atoms with van der Waals surface area (Å²) in [5, 5.41) is 3.31. The summed E-state index contributed by atoms with van der Waals surface area (Å²) in [6.07, 6.45) is 3.66. The average Bonchev–Trinajstić information content (AvgIpc) is 3.31. The second-order valence-corrected chi connectivity index (χ2v) is 16.1. The fourth-order valence-electron chi connectivity index (χ4n) is 4.35. The van der Waals surface area contributed by atoms with E-state index in [1.807, 2.05) is 69.4 Å². The zero-order valence-electron chi connectivity index (χ0n) is 25.0. The summed E-state index contributed by atoms with van der Waals surface area (Å²) in [5.41, 5.74) is 6.41. The fraction of sp³-hybridized carbons (Fsp3) is 0.206. The summed E-state index contributed by atoms with van der Waals surface area (Å²) in [4.78, 5) is 13.4. The molecule has 0 N–H and O–H groups in total. The largest absolute Gasteiger partial charge is 0.486 e. The van der Waals surface area contributed by atoms with E-state index in [9.17, 15) is 4.39 Å². The molecule has 0 aliphatic carbocycles. The number of hydrogen-bond donors (Lipinski definition) is 0. The predicted octanol–water partition coefficient (Wildman–Crippen LogP) is 8.51. The monoisotopic (exact) mass is 739 g/mol. The Labute approximate surface area is 256 Å². The molecule has 6 rings (SSSR count). The van der Waals surface area contributed by atoms with Crippen molar-refractivity contribution in [1.82, 2.24) is 15.0 Å². The Hall–Kier alpha value is -3.51. The molecule has 0 spiro atoms. The zero-order chi connectivity index (χ0) is 29.4. The fourth-order valence-corrected chi connectivity index (χ4v) is 5.38. The minimum atomic E-state index is -1.30. The summed E-state index contributed by atoms with van der Waals surface area (Å²) in [6, 6.07) is 26.4. The van der Waals surface area contributed by atoms with Crippen LogP contribution < -0.4 is 5.19 Å². The van der Waals surface area contributed by atoms with Gasteiger partial charge in [0.15, 0.2) is 0 Å². The molecule has 2 aromatic carbocycles. The van der Waals surface area contributed by atoms with Gasteiger partial charge in [-0.1, -0.05) is 68.2 Å². The third-order valence-electron chi connectivity index (χ3n) is 6.71. The number of pyridine rings is 3. The number of nitrogens with zero attached hydrogens (tertiary/aromatic N) is 3. The first-order chi connectivity index (χ1) is 19.4. The van der Waals surface area contributed by atoms with Gasteiger partial charge in [0.1, 0.15) is 0 Å². The summed E-state index contributed by atoms with van der Waals surface area (Å²) in [7, 11) is -1.30. The van der Waals surface area contributed by atoms with Crippen LogP contribution >= 0.6 is 0 Å². The van der Waals surface area contributed by atoms with E-state index in [2.05, 4.69) is 52.8 Å². The van der Waals surface area contributed by atoms with Crippen molar-refractivity contribution in [3.05, 3.63) is 108 Å². The van der Waals surface area contributed by atoms with E-state index < -0.39 is 14.0 Å².